The topological polar surface area (TPSA) is 76.1 Å². The van der Waals surface area contributed by atoms with Gasteiger partial charge in [0.25, 0.3) is 0 Å². The third-order valence-electron chi connectivity index (χ3n) is 5.22. The van der Waals surface area contributed by atoms with Gasteiger partial charge in [-0.25, -0.2) is 9.78 Å². The molecule has 32 heavy (non-hydrogen) atoms. The Hall–Kier alpha value is -2.65. The molecule has 9 heteroatoms. The van der Waals surface area contributed by atoms with E-state index in [9.17, 15) is 4.79 Å². The molecule has 0 saturated carbocycles. The zero-order valence-electron chi connectivity index (χ0n) is 20.3. The van der Waals surface area contributed by atoms with Crippen LogP contribution < -0.4 is 10.4 Å². The second-order valence-corrected chi connectivity index (χ2v) is 15.9. The van der Waals surface area contributed by atoms with Crippen molar-refractivity contribution < 1.29 is 9.47 Å². The first-order valence-corrected chi connectivity index (χ1v) is 14.6. The number of imidazole rings is 1. The van der Waals surface area contributed by atoms with Gasteiger partial charge in [0.2, 0.25) is 0 Å². The van der Waals surface area contributed by atoms with Crippen LogP contribution in [0.25, 0.3) is 11.4 Å². The number of aromatic nitrogens is 5. The number of ether oxygens (including phenoxy) is 2. The van der Waals surface area contributed by atoms with Gasteiger partial charge in [0.05, 0.1) is 0 Å². The normalized spacial score (nSPS) is 12.3. The van der Waals surface area contributed by atoms with Crippen molar-refractivity contribution in [3.05, 3.63) is 53.0 Å². The van der Waals surface area contributed by atoms with Crippen LogP contribution in [0, 0.1) is 0 Å². The molecule has 2 heterocycles. The van der Waals surface area contributed by atoms with Crippen LogP contribution in [0.5, 0.6) is 5.75 Å². The molecule has 0 unspecified atom stereocenters. The SMILES string of the molecule is Cn1cnn(COc2ccc(-c3nccn3COCC[Si](C)(C)C)cc2C(C)(C)C)c1=O. The molecule has 0 aliphatic heterocycles. The Morgan fingerprint density at radius 2 is 1.88 bits per heavy atom. The zero-order chi connectivity index (χ0) is 23.5. The standard InChI is InChI=1S/C23H35N5O3Si/c1-23(2,3)19-14-18(8-9-20(19)31-17-28-22(29)26(4)15-25-28)21-24-10-11-27(21)16-30-12-13-32(5,6)7/h8-11,14-15H,12-13,16-17H2,1-7H3. The molecule has 0 fully saturated rings. The molecule has 0 spiro atoms. The van der Waals surface area contributed by atoms with Crippen molar-refractivity contribution in [2.75, 3.05) is 6.61 Å². The molecule has 0 saturated heterocycles. The molecule has 174 valence electrons. The third-order valence-corrected chi connectivity index (χ3v) is 6.92. The fourth-order valence-electron chi connectivity index (χ4n) is 3.24. The van der Waals surface area contributed by atoms with Gasteiger partial charge >= 0.3 is 5.69 Å². The molecular formula is C23H35N5O3Si. The van der Waals surface area contributed by atoms with E-state index >= 15 is 0 Å². The first-order chi connectivity index (χ1) is 15.0. The summed E-state index contributed by atoms with van der Waals surface area (Å²) < 4.78 is 16.7. The number of aryl methyl sites for hydroxylation is 1. The molecule has 0 atom stereocenters. The molecule has 3 aromatic rings. The van der Waals surface area contributed by atoms with Gasteiger partial charge in [-0.2, -0.15) is 9.78 Å². The van der Waals surface area contributed by atoms with Crippen LogP contribution in [-0.4, -0.2) is 38.6 Å². The molecule has 0 aliphatic carbocycles. The van der Waals surface area contributed by atoms with Crippen molar-refractivity contribution in [1.82, 2.24) is 23.9 Å². The van der Waals surface area contributed by atoms with Crippen molar-refractivity contribution in [3.63, 3.8) is 0 Å². The van der Waals surface area contributed by atoms with E-state index in [2.05, 4.69) is 56.6 Å². The van der Waals surface area contributed by atoms with Gasteiger partial charge in [-0.05, 0) is 29.7 Å². The Labute approximate surface area is 190 Å². The van der Waals surface area contributed by atoms with Crippen LogP contribution in [0.15, 0.2) is 41.7 Å². The average molecular weight is 458 g/mol. The van der Waals surface area contributed by atoms with E-state index < -0.39 is 8.07 Å². The maximum Gasteiger partial charge on any atom is 0.348 e. The summed E-state index contributed by atoms with van der Waals surface area (Å²) in [6.07, 6.45) is 5.22. The lowest BCUT2D eigenvalue weighted by atomic mass is 9.85. The van der Waals surface area contributed by atoms with Gasteiger partial charge in [-0.15, -0.1) is 0 Å². The smallest absolute Gasteiger partial charge is 0.348 e. The summed E-state index contributed by atoms with van der Waals surface area (Å²) in [6.45, 7) is 14.8. The molecule has 0 radical (unpaired) electrons. The van der Waals surface area contributed by atoms with Crippen molar-refractivity contribution in [1.29, 1.82) is 0 Å². The molecule has 2 aromatic heterocycles. The van der Waals surface area contributed by atoms with E-state index in [1.54, 1.807) is 13.2 Å². The lowest BCUT2D eigenvalue weighted by molar-refractivity contribution is 0.0883. The van der Waals surface area contributed by atoms with Gasteiger partial charge < -0.3 is 14.0 Å². The Morgan fingerprint density at radius 3 is 2.50 bits per heavy atom. The monoisotopic (exact) mass is 457 g/mol. The van der Waals surface area contributed by atoms with Crippen LogP contribution in [0.1, 0.15) is 26.3 Å². The van der Waals surface area contributed by atoms with Crippen LogP contribution >= 0.6 is 0 Å². The number of hydrogen-bond acceptors (Lipinski definition) is 5. The second-order valence-electron chi connectivity index (χ2n) is 10.3. The molecule has 0 N–H and O–H groups in total. The molecule has 0 bridgehead atoms. The number of hydrogen-bond donors (Lipinski definition) is 0. The predicted octanol–water partition coefficient (Wildman–Crippen LogP) is 4.09. The Balaban J connectivity index is 1.80. The number of nitrogens with zero attached hydrogens (tertiary/aromatic N) is 5. The lowest BCUT2D eigenvalue weighted by Gasteiger charge is -2.24. The fraction of sp³-hybridized carbons (Fsp3) is 0.522. The zero-order valence-corrected chi connectivity index (χ0v) is 21.3. The maximum atomic E-state index is 12.0. The highest BCUT2D eigenvalue weighted by atomic mass is 28.3. The largest absolute Gasteiger partial charge is 0.471 e. The minimum atomic E-state index is -1.12. The minimum Gasteiger partial charge on any atom is -0.471 e. The summed E-state index contributed by atoms with van der Waals surface area (Å²) >= 11 is 0. The predicted molar refractivity (Wildman–Crippen MR) is 129 cm³/mol. The molecule has 0 amide bonds. The van der Waals surface area contributed by atoms with E-state index in [4.69, 9.17) is 9.47 Å². The summed E-state index contributed by atoms with van der Waals surface area (Å²) in [4.78, 5) is 16.6. The molecule has 0 aliphatic rings. The van der Waals surface area contributed by atoms with Crippen LogP contribution in [0.4, 0.5) is 0 Å². The Bertz CT molecular complexity index is 1100. The maximum absolute atomic E-state index is 12.0. The van der Waals surface area contributed by atoms with Gasteiger partial charge in [-0.1, -0.05) is 40.4 Å². The van der Waals surface area contributed by atoms with Crippen LogP contribution in [0.3, 0.4) is 0 Å². The van der Waals surface area contributed by atoms with E-state index in [0.29, 0.717) is 6.73 Å². The summed E-state index contributed by atoms with van der Waals surface area (Å²) in [5.41, 5.74) is 1.66. The van der Waals surface area contributed by atoms with Crippen molar-refractivity contribution in [2.24, 2.45) is 7.05 Å². The van der Waals surface area contributed by atoms with E-state index in [0.717, 1.165) is 35.4 Å². The molecular weight excluding hydrogens is 422 g/mol. The van der Waals surface area contributed by atoms with Gasteiger partial charge in [0.15, 0.2) is 6.73 Å². The van der Waals surface area contributed by atoms with Crippen LogP contribution in [0.2, 0.25) is 25.7 Å². The highest BCUT2D eigenvalue weighted by molar-refractivity contribution is 6.76. The molecule has 3 rings (SSSR count). The highest BCUT2D eigenvalue weighted by Crippen LogP contribution is 2.35. The molecule has 1 aromatic carbocycles. The van der Waals surface area contributed by atoms with Gasteiger partial charge in [0.1, 0.15) is 24.6 Å². The third kappa shape index (κ3) is 5.98. The Morgan fingerprint density at radius 1 is 1.12 bits per heavy atom. The quantitative estimate of drug-likeness (QED) is 0.357. The minimum absolute atomic E-state index is 0.0572. The fourth-order valence-corrected chi connectivity index (χ4v) is 3.99. The first-order valence-electron chi connectivity index (χ1n) is 10.9. The summed E-state index contributed by atoms with van der Waals surface area (Å²) in [7, 11) is 0.548. The summed E-state index contributed by atoms with van der Waals surface area (Å²) in [5, 5.41) is 4.06. The summed E-state index contributed by atoms with van der Waals surface area (Å²) in [6, 6.07) is 7.18. The lowest BCUT2D eigenvalue weighted by Crippen LogP contribution is -2.25. The highest BCUT2D eigenvalue weighted by Gasteiger charge is 2.21. The Kier molecular flexibility index (Phi) is 7.09. The first kappa shape index (κ1) is 24.0. The number of rotatable bonds is 9. The second kappa shape index (κ2) is 9.46. The summed E-state index contributed by atoms with van der Waals surface area (Å²) in [5.74, 6) is 1.58. The van der Waals surface area contributed by atoms with Gasteiger partial charge in [0, 0.05) is 45.2 Å². The van der Waals surface area contributed by atoms with Gasteiger partial charge in [-0.3, -0.25) is 4.57 Å². The van der Waals surface area contributed by atoms with Crippen molar-refractivity contribution in [3.8, 4) is 17.1 Å². The van der Waals surface area contributed by atoms with Crippen molar-refractivity contribution >= 4 is 8.07 Å². The van der Waals surface area contributed by atoms with E-state index in [-0.39, 0.29) is 17.8 Å². The van der Waals surface area contributed by atoms with Crippen molar-refractivity contribution in [2.45, 2.75) is 65.3 Å². The average Bonchev–Trinajstić information content (AvgIpc) is 3.29. The molecule has 8 nitrogen and oxygen atoms in total. The van der Waals surface area contributed by atoms with E-state index in [1.165, 1.54) is 15.6 Å². The van der Waals surface area contributed by atoms with Crippen LogP contribution in [-0.2, 0) is 30.7 Å². The van der Waals surface area contributed by atoms with E-state index in [1.807, 2.05) is 22.9 Å². The number of benzene rings is 1.